The molecule has 164 valence electrons. The molecule has 2 aromatic heterocycles. The van der Waals surface area contributed by atoms with E-state index in [0.29, 0.717) is 28.9 Å². The second-order valence-electron chi connectivity index (χ2n) is 7.47. The Bertz CT molecular complexity index is 1340. The normalized spacial score (nSPS) is 11.1. The molecular formula is C23H20F2N4O2S. The zero-order valence-corrected chi connectivity index (χ0v) is 18.2. The first kappa shape index (κ1) is 21.6. The van der Waals surface area contributed by atoms with Crippen LogP contribution in [-0.2, 0) is 11.2 Å². The Kier molecular flexibility index (Phi) is 5.75. The molecule has 0 aliphatic carbocycles. The van der Waals surface area contributed by atoms with Gasteiger partial charge in [0.2, 0.25) is 5.91 Å². The van der Waals surface area contributed by atoms with Crippen LogP contribution in [0.25, 0.3) is 15.8 Å². The van der Waals surface area contributed by atoms with Gasteiger partial charge in [0, 0.05) is 17.4 Å². The second kappa shape index (κ2) is 8.51. The van der Waals surface area contributed by atoms with Crippen molar-refractivity contribution in [1.82, 2.24) is 15.1 Å². The number of thiophene rings is 1. The molecule has 0 atom stereocenters. The van der Waals surface area contributed by atoms with Gasteiger partial charge in [0.15, 0.2) is 0 Å². The van der Waals surface area contributed by atoms with Crippen LogP contribution in [0.3, 0.4) is 0 Å². The summed E-state index contributed by atoms with van der Waals surface area (Å²) >= 11 is 1.50. The molecule has 0 saturated carbocycles. The number of carbonyl (C=O) groups excluding carboxylic acids is 2. The lowest BCUT2D eigenvalue weighted by molar-refractivity contribution is -0.117. The third-order valence-corrected chi connectivity index (χ3v) is 6.22. The summed E-state index contributed by atoms with van der Waals surface area (Å²) < 4.78 is 29.8. The van der Waals surface area contributed by atoms with Crippen LogP contribution >= 0.6 is 11.3 Å². The van der Waals surface area contributed by atoms with Crippen LogP contribution in [0.15, 0.2) is 42.5 Å². The van der Waals surface area contributed by atoms with E-state index in [1.807, 2.05) is 24.3 Å². The maximum Gasteiger partial charge on any atom is 0.255 e. The number of amides is 2. The number of hydrogen-bond donors (Lipinski definition) is 2. The third-order valence-electron chi connectivity index (χ3n) is 5.04. The van der Waals surface area contributed by atoms with E-state index in [1.165, 1.54) is 23.5 Å². The van der Waals surface area contributed by atoms with Crippen LogP contribution in [-0.4, -0.2) is 28.1 Å². The summed E-state index contributed by atoms with van der Waals surface area (Å²) in [6.45, 7) is 3.25. The van der Waals surface area contributed by atoms with E-state index in [0.717, 1.165) is 26.7 Å². The van der Waals surface area contributed by atoms with E-state index < -0.39 is 23.4 Å². The molecule has 0 spiro atoms. The number of nitrogens with one attached hydrogen (secondary N) is 1. The maximum atomic E-state index is 13.6. The number of aromatic nitrogens is 2. The van der Waals surface area contributed by atoms with Crippen molar-refractivity contribution in [2.75, 3.05) is 6.54 Å². The number of nitrogens with zero attached hydrogens (tertiary/aromatic N) is 2. The molecule has 0 bridgehead atoms. The molecule has 3 N–H and O–H groups in total. The molecule has 4 rings (SSSR count). The van der Waals surface area contributed by atoms with Gasteiger partial charge < -0.3 is 11.1 Å². The van der Waals surface area contributed by atoms with Crippen molar-refractivity contribution in [1.29, 1.82) is 0 Å². The average molecular weight is 455 g/mol. The molecule has 0 saturated heterocycles. The topological polar surface area (TPSA) is 90.0 Å². The molecular weight excluding hydrogens is 434 g/mol. The standard InChI is InChI=1S/C23H20F2N4O2S/c1-12-21(23(31)27-11-20(26)30)13(2)29(28-12)19-5-3-4-15-9-18(32-22(15)19)8-14-6-16(24)10-17(25)7-14/h3-7,9-10H,8,11H2,1-2H3,(H2,26,30)(H,27,31). The molecule has 4 aromatic rings. The van der Waals surface area contributed by atoms with Crippen molar-refractivity contribution in [2.45, 2.75) is 20.3 Å². The van der Waals surface area contributed by atoms with Crippen LogP contribution < -0.4 is 11.1 Å². The van der Waals surface area contributed by atoms with Crippen molar-refractivity contribution in [2.24, 2.45) is 5.73 Å². The summed E-state index contributed by atoms with van der Waals surface area (Å²) in [5.74, 6) is -2.26. The van der Waals surface area contributed by atoms with Gasteiger partial charge in [-0.3, -0.25) is 9.59 Å². The fourth-order valence-electron chi connectivity index (χ4n) is 3.73. The first-order valence-electron chi connectivity index (χ1n) is 9.82. The molecule has 0 fully saturated rings. The fourth-order valence-corrected chi connectivity index (χ4v) is 4.92. The summed E-state index contributed by atoms with van der Waals surface area (Å²) in [5, 5.41) is 8.00. The van der Waals surface area contributed by atoms with Crippen LogP contribution in [0.1, 0.15) is 32.2 Å². The predicted octanol–water partition coefficient (Wildman–Crippen LogP) is 3.79. The number of aryl methyl sites for hydroxylation is 1. The van der Waals surface area contributed by atoms with Gasteiger partial charge in [0.05, 0.1) is 33.9 Å². The summed E-state index contributed by atoms with van der Waals surface area (Å²) in [5.41, 5.74) is 7.98. The molecule has 0 aliphatic heterocycles. The van der Waals surface area contributed by atoms with Crippen molar-refractivity contribution in [3.8, 4) is 5.69 Å². The molecule has 2 heterocycles. The molecule has 0 unspecified atom stereocenters. The van der Waals surface area contributed by atoms with Gasteiger partial charge in [-0.2, -0.15) is 5.10 Å². The molecule has 0 radical (unpaired) electrons. The lowest BCUT2D eigenvalue weighted by atomic mass is 10.1. The molecule has 6 nitrogen and oxygen atoms in total. The lowest BCUT2D eigenvalue weighted by Crippen LogP contribution is -2.33. The van der Waals surface area contributed by atoms with Gasteiger partial charge in [0.1, 0.15) is 11.6 Å². The van der Waals surface area contributed by atoms with Crippen LogP contribution in [0, 0.1) is 25.5 Å². The Morgan fingerprint density at radius 1 is 1.12 bits per heavy atom. The number of nitrogens with two attached hydrogens (primary N) is 1. The van der Waals surface area contributed by atoms with Crippen molar-refractivity contribution in [3.05, 3.63) is 81.5 Å². The number of benzene rings is 2. The SMILES string of the molecule is Cc1nn(-c2cccc3cc(Cc4cc(F)cc(F)c4)sc23)c(C)c1C(=O)NCC(N)=O. The quantitative estimate of drug-likeness (QED) is 0.465. The van der Waals surface area contributed by atoms with Gasteiger partial charge in [-0.25, -0.2) is 13.5 Å². The Morgan fingerprint density at radius 3 is 2.53 bits per heavy atom. The van der Waals surface area contributed by atoms with Gasteiger partial charge >= 0.3 is 0 Å². The van der Waals surface area contributed by atoms with Crippen LogP contribution in [0.2, 0.25) is 0 Å². The minimum Gasteiger partial charge on any atom is -0.368 e. The van der Waals surface area contributed by atoms with Crippen molar-refractivity contribution in [3.63, 3.8) is 0 Å². The monoisotopic (exact) mass is 454 g/mol. The smallest absolute Gasteiger partial charge is 0.255 e. The first-order chi connectivity index (χ1) is 15.2. The minimum atomic E-state index is -0.630. The number of fused-ring (bicyclic) bond motifs is 1. The predicted molar refractivity (Wildman–Crippen MR) is 119 cm³/mol. The minimum absolute atomic E-state index is 0.257. The van der Waals surface area contributed by atoms with Crippen LogP contribution in [0.4, 0.5) is 8.78 Å². The lowest BCUT2D eigenvalue weighted by Gasteiger charge is -2.07. The maximum absolute atomic E-state index is 13.6. The van der Waals surface area contributed by atoms with Gasteiger partial charge in [-0.15, -0.1) is 11.3 Å². The van der Waals surface area contributed by atoms with E-state index in [-0.39, 0.29) is 6.54 Å². The summed E-state index contributed by atoms with van der Waals surface area (Å²) in [6, 6.07) is 11.2. The highest BCUT2D eigenvalue weighted by Crippen LogP contribution is 2.33. The number of halogens is 2. The zero-order chi connectivity index (χ0) is 23.0. The molecule has 0 aliphatic rings. The van der Waals surface area contributed by atoms with Crippen molar-refractivity contribution < 1.29 is 18.4 Å². The molecule has 32 heavy (non-hydrogen) atoms. The van der Waals surface area contributed by atoms with Crippen LogP contribution in [0.5, 0.6) is 0 Å². The van der Waals surface area contributed by atoms with E-state index in [9.17, 15) is 18.4 Å². The average Bonchev–Trinajstić information content (AvgIpc) is 3.24. The van der Waals surface area contributed by atoms with Crippen molar-refractivity contribution >= 4 is 33.2 Å². The first-order valence-corrected chi connectivity index (χ1v) is 10.6. The Hall–Kier alpha value is -3.59. The highest BCUT2D eigenvalue weighted by atomic mass is 32.1. The number of hydrogen-bond acceptors (Lipinski definition) is 4. The summed E-state index contributed by atoms with van der Waals surface area (Å²) in [4.78, 5) is 24.5. The fraction of sp³-hybridized carbons (Fsp3) is 0.174. The van der Waals surface area contributed by atoms with E-state index in [2.05, 4.69) is 10.4 Å². The molecule has 2 aromatic carbocycles. The summed E-state index contributed by atoms with van der Waals surface area (Å²) in [6.07, 6.45) is 0.394. The largest absolute Gasteiger partial charge is 0.368 e. The van der Waals surface area contributed by atoms with Gasteiger partial charge in [0.25, 0.3) is 5.91 Å². The van der Waals surface area contributed by atoms with Gasteiger partial charge in [-0.1, -0.05) is 12.1 Å². The van der Waals surface area contributed by atoms with Gasteiger partial charge in [-0.05, 0) is 49.1 Å². The second-order valence-corrected chi connectivity index (χ2v) is 8.61. The number of rotatable bonds is 6. The van der Waals surface area contributed by atoms with E-state index in [4.69, 9.17) is 5.73 Å². The highest BCUT2D eigenvalue weighted by Gasteiger charge is 2.21. The number of carbonyl (C=O) groups is 2. The Labute approximate surface area is 186 Å². The summed E-state index contributed by atoms with van der Waals surface area (Å²) in [7, 11) is 0. The number of primary amides is 1. The highest BCUT2D eigenvalue weighted by molar-refractivity contribution is 7.19. The Morgan fingerprint density at radius 2 is 1.84 bits per heavy atom. The van der Waals surface area contributed by atoms with E-state index in [1.54, 1.807) is 18.5 Å². The molecule has 9 heteroatoms. The Balaban J connectivity index is 1.72. The molecule has 2 amide bonds. The van der Waals surface area contributed by atoms with E-state index >= 15 is 0 Å². The third kappa shape index (κ3) is 4.24. The zero-order valence-electron chi connectivity index (χ0n) is 17.4.